The van der Waals surface area contributed by atoms with Crippen LogP contribution in [-0.4, -0.2) is 13.1 Å². The molecule has 1 atom stereocenters. The van der Waals surface area contributed by atoms with E-state index < -0.39 is 6.10 Å². The number of methoxy groups -OCH3 is 1. The maximum atomic E-state index is 11.3. The van der Waals surface area contributed by atoms with Gasteiger partial charge in [-0.2, -0.15) is 0 Å². The number of carbonyl (C=O) groups excluding carboxylic acids is 1. The lowest BCUT2D eigenvalue weighted by molar-refractivity contribution is -0.144. The molecule has 0 saturated carbocycles. The predicted octanol–water partition coefficient (Wildman–Crippen LogP) is 3.66. The van der Waals surface area contributed by atoms with Crippen LogP contribution in [0.5, 0.6) is 5.75 Å². The quantitative estimate of drug-likeness (QED) is 0.640. The fourth-order valence-electron chi connectivity index (χ4n) is 2.04. The zero-order chi connectivity index (χ0) is 15.9. The molecular weight excluding hydrogens is 276 g/mol. The Morgan fingerprint density at radius 3 is 2.36 bits per heavy atom. The minimum absolute atomic E-state index is 0.350. The maximum absolute atomic E-state index is 11.3. The van der Waals surface area contributed by atoms with Gasteiger partial charge >= 0.3 is 5.97 Å². The molecule has 0 amide bonds. The number of esters is 1. The Hall–Kier alpha value is -2.73. The zero-order valence-corrected chi connectivity index (χ0v) is 12.9. The largest absolute Gasteiger partial charge is 0.497 e. The van der Waals surface area contributed by atoms with Gasteiger partial charge in [-0.1, -0.05) is 30.2 Å². The molecule has 2 rings (SSSR count). The number of aryl methyl sites for hydroxylation is 1. The van der Waals surface area contributed by atoms with E-state index in [1.807, 2.05) is 55.5 Å². The van der Waals surface area contributed by atoms with E-state index in [1.165, 1.54) is 6.92 Å². The van der Waals surface area contributed by atoms with Gasteiger partial charge in [0.15, 0.2) is 6.10 Å². The molecule has 2 aromatic rings. The van der Waals surface area contributed by atoms with Crippen LogP contribution in [0.2, 0.25) is 0 Å². The highest BCUT2D eigenvalue weighted by molar-refractivity contribution is 5.67. The third kappa shape index (κ3) is 4.13. The molecule has 2 aromatic carbocycles. The van der Waals surface area contributed by atoms with Crippen molar-refractivity contribution in [1.29, 1.82) is 0 Å². The summed E-state index contributed by atoms with van der Waals surface area (Å²) < 4.78 is 10.5. The van der Waals surface area contributed by atoms with Crippen molar-refractivity contribution in [3.05, 3.63) is 65.2 Å². The Balaban J connectivity index is 2.29. The molecule has 0 aliphatic rings. The fourth-order valence-corrected chi connectivity index (χ4v) is 2.04. The molecule has 0 aliphatic heterocycles. The van der Waals surface area contributed by atoms with Crippen molar-refractivity contribution in [2.45, 2.75) is 20.0 Å². The van der Waals surface area contributed by atoms with E-state index in [0.717, 1.165) is 22.4 Å². The van der Waals surface area contributed by atoms with Crippen LogP contribution in [-0.2, 0) is 9.53 Å². The summed E-state index contributed by atoms with van der Waals surface area (Å²) in [6.07, 6.45) is -0.569. The van der Waals surface area contributed by atoms with E-state index >= 15 is 0 Å². The second-order valence-corrected chi connectivity index (χ2v) is 4.84. The third-order valence-electron chi connectivity index (χ3n) is 3.19. The van der Waals surface area contributed by atoms with Crippen molar-refractivity contribution < 1.29 is 14.3 Å². The highest BCUT2D eigenvalue weighted by atomic mass is 16.5. The summed E-state index contributed by atoms with van der Waals surface area (Å²) in [6, 6.07) is 15.2. The summed E-state index contributed by atoms with van der Waals surface area (Å²) in [6.45, 7) is 3.36. The van der Waals surface area contributed by atoms with Crippen LogP contribution in [0.15, 0.2) is 48.5 Å². The van der Waals surface area contributed by atoms with Crippen molar-refractivity contribution in [1.82, 2.24) is 0 Å². The molecule has 0 fully saturated rings. The molecule has 0 heterocycles. The van der Waals surface area contributed by atoms with E-state index in [0.29, 0.717) is 0 Å². The van der Waals surface area contributed by atoms with Gasteiger partial charge in [0.2, 0.25) is 0 Å². The van der Waals surface area contributed by atoms with E-state index in [2.05, 4.69) is 11.8 Å². The van der Waals surface area contributed by atoms with Gasteiger partial charge in [0.1, 0.15) is 5.75 Å². The van der Waals surface area contributed by atoms with Crippen LogP contribution < -0.4 is 4.74 Å². The topological polar surface area (TPSA) is 35.5 Å². The maximum Gasteiger partial charge on any atom is 0.304 e. The number of rotatable bonds is 3. The van der Waals surface area contributed by atoms with E-state index in [-0.39, 0.29) is 5.97 Å². The average Bonchev–Trinajstić information content (AvgIpc) is 2.52. The summed E-state index contributed by atoms with van der Waals surface area (Å²) in [7, 11) is 1.62. The summed E-state index contributed by atoms with van der Waals surface area (Å²) >= 11 is 0. The van der Waals surface area contributed by atoms with Crippen molar-refractivity contribution in [3.63, 3.8) is 0 Å². The van der Waals surface area contributed by atoms with Gasteiger partial charge in [-0.3, -0.25) is 4.79 Å². The molecule has 22 heavy (non-hydrogen) atoms. The van der Waals surface area contributed by atoms with Gasteiger partial charge in [0.25, 0.3) is 0 Å². The van der Waals surface area contributed by atoms with Gasteiger partial charge in [0.05, 0.1) is 7.11 Å². The SMILES string of the molecule is COc1ccc(C#C[C@H](OC(C)=O)c2ccccc2C)cc1. The van der Waals surface area contributed by atoms with Gasteiger partial charge in [0, 0.05) is 18.1 Å². The number of hydrogen-bond donors (Lipinski definition) is 0. The number of benzene rings is 2. The molecule has 0 spiro atoms. The smallest absolute Gasteiger partial charge is 0.304 e. The van der Waals surface area contributed by atoms with Crippen LogP contribution >= 0.6 is 0 Å². The Labute approximate surface area is 130 Å². The monoisotopic (exact) mass is 294 g/mol. The average molecular weight is 294 g/mol. The molecule has 0 N–H and O–H groups in total. The molecule has 3 heteroatoms. The molecular formula is C19H18O3. The van der Waals surface area contributed by atoms with Crippen LogP contribution in [0.4, 0.5) is 0 Å². The van der Waals surface area contributed by atoms with E-state index in [9.17, 15) is 4.79 Å². The number of ether oxygens (including phenoxy) is 2. The Morgan fingerprint density at radius 1 is 1.09 bits per heavy atom. The zero-order valence-electron chi connectivity index (χ0n) is 12.9. The second-order valence-electron chi connectivity index (χ2n) is 4.84. The van der Waals surface area contributed by atoms with Gasteiger partial charge in [-0.25, -0.2) is 0 Å². The first-order valence-electron chi connectivity index (χ1n) is 6.98. The van der Waals surface area contributed by atoms with Crippen molar-refractivity contribution in [2.24, 2.45) is 0 Å². The van der Waals surface area contributed by atoms with Crippen molar-refractivity contribution in [3.8, 4) is 17.6 Å². The van der Waals surface area contributed by atoms with Crippen LogP contribution in [0.25, 0.3) is 0 Å². The standard InChI is InChI=1S/C19H18O3/c1-14-6-4-5-7-18(14)19(22-15(2)20)13-10-16-8-11-17(21-3)12-9-16/h4-9,11-12,19H,1-3H3/t19-/m0/s1. The summed E-state index contributed by atoms with van der Waals surface area (Å²) in [5.74, 6) is 6.50. The third-order valence-corrected chi connectivity index (χ3v) is 3.19. The molecule has 112 valence electrons. The van der Waals surface area contributed by atoms with Crippen LogP contribution in [0.1, 0.15) is 29.7 Å². The van der Waals surface area contributed by atoms with Gasteiger partial charge < -0.3 is 9.47 Å². The Morgan fingerprint density at radius 2 is 1.77 bits per heavy atom. The normalized spacial score (nSPS) is 11.0. The minimum atomic E-state index is -0.569. The van der Waals surface area contributed by atoms with E-state index in [1.54, 1.807) is 7.11 Å². The van der Waals surface area contributed by atoms with Crippen molar-refractivity contribution >= 4 is 5.97 Å². The number of carbonyl (C=O) groups is 1. The lowest BCUT2D eigenvalue weighted by Gasteiger charge is -2.13. The highest BCUT2D eigenvalue weighted by Gasteiger charge is 2.13. The van der Waals surface area contributed by atoms with Gasteiger partial charge in [-0.05, 0) is 42.7 Å². The van der Waals surface area contributed by atoms with Crippen LogP contribution in [0, 0.1) is 18.8 Å². The van der Waals surface area contributed by atoms with Gasteiger partial charge in [-0.15, -0.1) is 0 Å². The molecule has 0 saturated heterocycles. The second kappa shape index (κ2) is 7.33. The Bertz CT molecular complexity index is 705. The molecule has 0 bridgehead atoms. The first-order valence-corrected chi connectivity index (χ1v) is 6.98. The first kappa shape index (κ1) is 15.7. The highest BCUT2D eigenvalue weighted by Crippen LogP contribution is 2.21. The summed E-state index contributed by atoms with van der Waals surface area (Å²) in [5, 5.41) is 0. The van der Waals surface area contributed by atoms with Crippen molar-refractivity contribution in [2.75, 3.05) is 7.11 Å². The lowest BCUT2D eigenvalue weighted by Crippen LogP contribution is -2.08. The predicted molar refractivity (Wildman–Crippen MR) is 85.6 cm³/mol. The summed E-state index contributed by atoms with van der Waals surface area (Å²) in [5.41, 5.74) is 2.78. The molecule has 3 nitrogen and oxygen atoms in total. The summed E-state index contributed by atoms with van der Waals surface area (Å²) in [4.78, 5) is 11.3. The molecule has 0 unspecified atom stereocenters. The first-order chi connectivity index (χ1) is 10.6. The minimum Gasteiger partial charge on any atom is -0.497 e. The molecule has 0 aliphatic carbocycles. The number of hydrogen-bond acceptors (Lipinski definition) is 3. The molecule has 0 radical (unpaired) electrons. The fraction of sp³-hybridized carbons (Fsp3) is 0.211. The lowest BCUT2D eigenvalue weighted by atomic mass is 10.0. The Kier molecular flexibility index (Phi) is 5.21. The molecule has 0 aromatic heterocycles. The van der Waals surface area contributed by atoms with E-state index in [4.69, 9.17) is 9.47 Å². The van der Waals surface area contributed by atoms with Crippen LogP contribution in [0.3, 0.4) is 0 Å².